The van der Waals surface area contributed by atoms with Crippen molar-refractivity contribution in [3.8, 4) is 5.69 Å². The van der Waals surface area contributed by atoms with Gasteiger partial charge in [-0.25, -0.2) is 0 Å². The highest BCUT2D eigenvalue weighted by molar-refractivity contribution is 5.98. The van der Waals surface area contributed by atoms with Crippen LogP contribution >= 0.6 is 0 Å². The Labute approximate surface area is 147 Å². The predicted octanol–water partition coefficient (Wildman–Crippen LogP) is 3.34. The van der Waals surface area contributed by atoms with Gasteiger partial charge in [0.25, 0.3) is 5.91 Å². The van der Waals surface area contributed by atoms with Gasteiger partial charge in [-0.1, -0.05) is 11.6 Å². The van der Waals surface area contributed by atoms with Crippen LogP contribution in [0.3, 0.4) is 0 Å². The molecule has 0 radical (unpaired) electrons. The van der Waals surface area contributed by atoms with Crippen molar-refractivity contribution in [1.82, 2.24) is 9.47 Å². The van der Waals surface area contributed by atoms with Crippen molar-refractivity contribution >= 4 is 11.9 Å². The first-order valence-electron chi connectivity index (χ1n) is 8.51. The zero-order valence-electron chi connectivity index (χ0n) is 15.2. The van der Waals surface area contributed by atoms with Crippen molar-refractivity contribution in [2.45, 2.75) is 34.1 Å². The molecule has 1 N–H and O–H groups in total. The van der Waals surface area contributed by atoms with E-state index < -0.39 is 11.4 Å². The third kappa shape index (κ3) is 2.95. The van der Waals surface area contributed by atoms with E-state index in [0.717, 1.165) is 22.6 Å². The van der Waals surface area contributed by atoms with Gasteiger partial charge in [0.1, 0.15) is 0 Å². The van der Waals surface area contributed by atoms with E-state index in [1.54, 1.807) is 11.8 Å². The lowest BCUT2D eigenvalue weighted by molar-refractivity contribution is -0.147. The fourth-order valence-corrected chi connectivity index (χ4v) is 3.54. The van der Waals surface area contributed by atoms with E-state index in [1.807, 2.05) is 51.1 Å². The van der Waals surface area contributed by atoms with Gasteiger partial charge >= 0.3 is 5.97 Å². The van der Waals surface area contributed by atoms with Gasteiger partial charge in [0.15, 0.2) is 0 Å². The monoisotopic (exact) mass is 340 g/mol. The Bertz CT molecular complexity index is 833. The Morgan fingerprint density at radius 1 is 1.08 bits per heavy atom. The minimum atomic E-state index is -0.862. The quantitative estimate of drug-likeness (QED) is 0.932. The number of hydrogen-bond acceptors (Lipinski definition) is 2. The van der Waals surface area contributed by atoms with Crippen LogP contribution in [0.2, 0.25) is 0 Å². The van der Waals surface area contributed by atoms with Crippen molar-refractivity contribution in [1.29, 1.82) is 0 Å². The molecule has 1 amide bonds. The molecule has 1 aromatic carbocycles. The minimum Gasteiger partial charge on any atom is -0.481 e. The average molecular weight is 340 g/mol. The lowest BCUT2D eigenvalue weighted by Gasteiger charge is -2.22. The smallest absolute Gasteiger partial charge is 0.311 e. The molecule has 3 rings (SSSR count). The predicted molar refractivity (Wildman–Crippen MR) is 96.2 cm³/mol. The molecule has 1 atom stereocenters. The highest BCUT2D eigenvalue weighted by Crippen LogP contribution is 2.32. The largest absolute Gasteiger partial charge is 0.481 e. The molecule has 1 fully saturated rings. The SMILES string of the molecule is Cc1ccc(-n2c(C)ccc2C)c(C(=O)N2CCC(C)(C(=O)O)C2)c1. The zero-order valence-corrected chi connectivity index (χ0v) is 15.2. The Balaban J connectivity index is 2.02. The van der Waals surface area contributed by atoms with Crippen LogP contribution in [0.4, 0.5) is 0 Å². The number of carboxylic acids is 1. The lowest BCUT2D eigenvalue weighted by Crippen LogP contribution is -2.35. The second-order valence-corrected chi connectivity index (χ2v) is 7.31. The van der Waals surface area contributed by atoms with E-state index in [9.17, 15) is 14.7 Å². The number of aliphatic carboxylic acids is 1. The molecular formula is C20H24N2O3. The third-order valence-electron chi connectivity index (χ3n) is 5.17. The highest BCUT2D eigenvalue weighted by atomic mass is 16.4. The van der Waals surface area contributed by atoms with E-state index in [2.05, 4.69) is 4.57 Å². The van der Waals surface area contributed by atoms with Gasteiger partial charge < -0.3 is 14.6 Å². The van der Waals surface area contributed by atoms with Crippen molar-refractivity contribution in [3.63, 3.8) is 0 Å². The third-order valence-corrected chi connectivity index (χ3v) is 5.17. The second kappa shape index (κ2) is 6.06. The summed E-state index contributed by atoms with van der Waals surface area (Å²) in [5, 5.41) is 9.42. The molecule has 5 heteroatoms. The van der Waals surface area contributed by atoms with Crippen molar-refractivity contribution in [2.24, 2.45) is 5.41 Å². The standard InChI is InChI=1S/C20H24N2O3/c1-13-5-8-17(22-14(2)6-7-15(22)3)16(11-13)18(23)21-10-9-20(4,12-21)19(24)25/h5-8,11H,9-10,12H2,1-4H3,(H,24,25). The zero-order chi connectivity index (χ0) is 18.4. The number of carbonyl (C=O) groups is 2. The van der Waals surface area contributed by atoms with Crippen molar-refractivity contribution in [3.05, 3.63) is 52.8 Å². The number of benzene rings is 1. The minimum absolute atomic E-state index is 0.101. The van der Waals surface area contributed by atoms with E-state index in [1.165, 1.54) is 0 Å². The molecule has 132 valence electrons. The first-order chi connectivity index (χ1) is 11.7. The molecule has 2 aromatic rings. The summed E-state index contributed by atoms with van der Waals surface area (Å²) in [6.45, 7) is 8.41. The molecule has 1 saturated heterocycles. The highest BCUT2D eigenvalue weighted by Gasteiger charge is 2.42. The van der Waals surface area contributed by atoms with Crippen LogP contribution in [0, 0.1) is 26.2 Å². The van der Waals surface area contributed by atoms with Crippen LogP contribution in [-0.2, 0) is 4.79 Å². The fraction of sp³-hybridized carbons (Fsp3) is 0.400. The number of rotatable bonds is 3. The maximum atomic E-state index is 13.2. The Kier molecular flexibility index (Phi) is 4.19. The van der Waals surface area contributed by atoms with Gasteiger partial charge in [-0.3, -0.25) is 9.59 Å². The lowest BCUT2D eigenvalue weighted by atomic mass is 9.90. The summed E-state index contributed by atoms with van der Waals surface area (Å²) in [5.41, 5.74) is 3.74. The molecule has 0 aliphatic carbocycles. The summed E-state index contributed by atoms with van der Waals surface area (Å²) >= 11 is 0. The molecule has 0 bridgehead atoms. The molecule has 1 aliphatic rings. The maximum absolute atomic E-state index is 13.2. The number of likely N-dealkylation sites (tertiary alicyclic amines) is 1. The number of amides is 1. The molecule has 0 saturated carbocycles. The van der Waals surface area contributed by atoms with Crippen LogP contribution in [0.5, 0.6) is 0 Å². The molecular weight excluding hydrogens is 316 g/mol. The van der Waals surface area contributed by atoms with Gasteiger partial charge in [-0.15, -0.1) is 0 Å². The molecule has 1 unspecified atom stereocenters. The summed E-state index contributed by atoms with van der Waals surface area (Å²) in [7, 11) is 0. The van der Waals surface area contributed by atoms with Crippen LogP contribution < -0.4 is 0 Å². The van der Waals surface area contributed by atoms with Gasteiger partial charge in [0.2, 0.25) is 0 Å². The Hall–Kier alpha value is -2.56. The van der Waals surface area contributed by atoms with E-state index in [4.69, 9.17) is 0 Å². The number of carbonyl (C=O) groups excluding carboxylic acids is 1. The Morgan fingerprint density at radius 3 is 2.28 bits per heavy atom. The molecule has 1 aromatic heterocycles. The topological polar surface area (TPSA) is 62.5 Å². The fourth-order valence-electron chi connectivity index (χ4n) is 3.54. The second-order valence-electron chi connectivity index (χ2n) is 7.31. The molecule has 5 nitrogen and oxygen atoms in total. The molecule has 0 spiro atoms. The van der Waals surface area contributed by atoms with Crippen molar-refractivity contribution in [2.75, 3.05) is 13.1 Å². The Morgan fingerprint density at radius 2 is 1.72 bits per heavy atom. The summed E-state index contributed by atoms with van der Waals surface area (Å²) in [6.07, 6.45) is 0.483. The normalized spacial score (nSPS) is 20.1. The summed E-state index contributed by atoms with van der Waals surface area (Å²) in [6, 6.07) is 9.92. The van der Waals surface area contributed by atoms with E-state index >= 15 is 0 Å². The number of aromatic nitrogens is 1. The molecule has 25 heavy (non-hydrogen) atoms. The molecule has 1 aliphatic heterocycles. The van der Waals surface area contributed by atoms with E-state index in [-0.39, 0.29) is 12.5 Å². The van der Waals surface area contributed by atoms with Gasteiger partial charge in [-0.2, -0.15) is 0 Å². The first-order valence-corrected chi connectivity index (χ1v) is 8.51. The van der Waals surface area contributed by atoms with Crippen molar-refractivity contribution < 1.29 is 14.7 Å². The van der Waals surface area contributed by atoms with E-state index in [0.29, 0.717) is 18.5 Å². The van der Waals surface area contributed by atoms with Gasteiger partial charge in [-0.05, 0) is 58.4 Å². The number of carboxylic acid groups (broad SMARTS) is 1. The summed E-state index contributed by atoms with van der Waals surface area (Å²) in [4.78, 5) is 26.3. The van der Waals surface area contributed by atoms with Crippen LogP contribution in [0.25, 0.3) is 5.69 Å². The average Bonchev–Trinajstić information content (AvgIpc) is 3.11. The number of nitrogens with zero attached hydrogens (tertiary/aromatic N) is 2. The van der Waals surface area contributed by atoms with Crippen LogP contribution in [-0.4, -0.2) is 39.5 Å². The number of aryl methyl sites for hydroxylation is 3. The maximum Gasteiger partial charge on any atom is 0.311 e. The van der Waals surface area contributed by atoms with Crippen LogP contribution in [0.1, 0.15) is 40.7 Å². The van der Waals surface area contributed by atoms with Gasteiger partial charge in [0, 0.05) is 24.5 Å². The summed E-state index contributed by atoms with van der Waals surface area (Å²) < 4.78 is 2.07. The van der Waals surface area contributed by atoms with Gasteiger partial charge in [0.05, 0.1) is 16.7 Å². The first kappa shape index (κ1) is 17.3. The van der Waals surface area contributed by atoms with Crippen LogP contribution in [0.15, 0.2) is 30.3 Å². The molecule has 2 heterocycles. The number of hydrogen-bond donors (Lipinski definition) is 1. The summed E-state index contributed by atoms with van der Waals surface area (Å²) in [5.74, 6) is -0.944.